The predicted molar refractivity (Wildman–Crippen MR) is 72.9 cm³/mol. The monoisotopic (exact) mass is 248 g/mol. The summed E-state index contributed by atoms with van der Waals surface area (Å²) in [7, 11) is 0. The molecule has 3 heteroatoms. The SMILES string of the molecule is Cc1ncnc(OC2CCCCCCCC2)c1C. The lowest BCUT2D eigenvalue weighted by molar-refractivity contribution is 0.167. The van der Waals surface area contributed by atoms with Gasteiger partial charge in [0, 0.05) is 11.3 Å². The van der Waals surface area contributed by atoms with Gasteiger partial charge < -0.3 is 4.74 Å². The maximum Gasteiger partial charge on any atom is 0.219 e. The molecule has 18 heavy (non-hydrogen) atoms. The van der Waals surface area contributed by atoms with Crippen molar-refractivity contribution in [3.8, 4) is 5.88 Å². The molecular weight excluding hydrogens is 224 g/mol. The number of rotatable bonds is 2. The fourth-order valence-corrected chi connectivity index (χ4v) is 2.51. The molecule has 0 bridgehead atoms. The van der Waals surface area contributed by atoms with Gasteiger partial charge in [-0.2, -0.15) is 0 Å². The Morgan fingerprint density at radius 3 is 2.22 bits per heavy atom. The van der Waals surface area contributed by atoms with Crippen LogP contribution in [0.15, 0.2) is 6.33 Å². The Kier molecular flexibility index (Phi) is 4.97. The number of hydrogen-bond donors (Lipinski definition) is 0. The summed E-state index contributed by atoms with van der Waals surface area (Å²) in [6.45, 7) is 4.05. The number of aromatic nitrogens is 2. The molecule has 1 saturated carbocycles. The van der Waals surface area contributed by atoms with E-state index in [1.165, 1.54) is 51.4 Å². The highest BCUT2D eigenvalue weighted by molar-refractivity contribution is 5.27. The van der Waals surface area contributed by atoms with Gasteiger partial charge in [0.05, 0.1) is 0 Å². The van der Waals surface area contributed by atoms with Crippen LogP contribution in [-0.2, 0) is 0 Å². The Morgan fingerprint density at radius 1 is 0.944 bits per heavy atom. The van der Waals surface area contributed by atoms with Gasteiger partial charge in [-0.05, 0) is 39.5 Å². The summed E-state index contributed by atoms with van der Waals surface area (Å²) in [5.74, 6) is 0.784. The van der Waals surface area contributed by atoms with Crippen LogP contribution in [-0.4, -0.2) is 16.1 Å². The Bertz CT molecular complexity index is 369. The lowest BCUT2D eigenvalue weighted by atomic mass is 10.1. The summed E-state index contributed by atoms with van der Waals surface area (Å²) in [4.78, 5) is 8.47. The Balaban J connectivity index is 1.99. The summed E-state index contributed by atoms with van der Waals surface area (Å²) in [6.07, 6.45) is 12.3. The third kappa shape index (κ3) is 3.69. The van der Waals surface area contributed by atoms with E-state index in [1.54, 1.807) is 6.33 Å². The van der Waals surface area contributed by atoms with Crippen molar-refractivity contribution in [3.05, 3.63) is 17.6 Å². The first kappa shape index (κ1) is 13.3. The average Bonchev–Trinajstić information content (AvgIpc) is 2.49. The first-order chi connectivity index (χ1) is 8.77. The van der Waals surface area contributed by atoms with Crippen LogP contribution in [0.4, 0.5) is 0 Å². The molecule has 1 aliphatic carbocycles. The van der Waals surface area contributed by atoms with Crippen LogP contribution in [0.5, 0.6) is 5.88 Å². The van der Waals surface area contributed by atoms with Gasteiger partial charge in [-0.15, -0.1) is 0 Å². The quantitative estimate of drug-likeness (QED) is 0.794. The summed E-state index contributed by atoms with van der Waals surface area (Å²) in [6, 6.07) is 0. The summed E-state index contributed by atoms with van der Waals surface area (Å²) in [5, 5.41) is 0. The third-order valence-electron chi connectivity index (χ3n) is 3.87. The molecule has 3 nitrogen and oxygen atoms in total. The Hall–Kier alpha value is -1.12. The van der Waals surface area contributed by atoms with Crippen molar-refractivity contribution in [2.75, 3.05) is 0 Å². The normalized spacial score (nSPS) is 18.8. The zero-order valence-electron chi connectivity index (χ0n) is 11.6. The zero-order chi connectivity index (χ0) is 12.8. The van der Waals surface area contributed by atoms with E-state index in [0.29, 0.717) is 6.10 Å². The van der Waals surface area contributed by atoms with Crippen LogP contribution < -0.4 is 4.74 Å². The van der Waals surface area contributed by atoms with Gasteiger partial charge in [0.25, 0.3) is 0 Å². The number of aryl methyl sites for hydroxylation is 1. The van der Waals surface area contributed by atoms with Gasteiger partial charge in [0.1, 0.15) is 12.4 Å². The fraction of sp³-hybridized carbons (Fsp3) is 0.733. The fourth-order valence-electron chi connectivity index (χ4n) is 2.51. The van der Waals surface area contributed by atoms with Crippen LogP contribution in [0.25, 0.3) is 0 Å². The molecule has 0 spiro atoms. The molecule has 2 rings (SSSR count). The number of ether oxygens (including phenoxy) is 1. The van der Waals surface area contributed by atoms with E-state index in [4.69, 9.17) is 4.74 Å². The molecule has 1 aromatic heterocycles. The topological polar surface area (TPSA) is 35.0 Å². The van der Waals surface area contributed by atoms with Crippen LogP contribution in [0, 0.1) is 13.8 Å². The molecule has 0 N–H and O–H groups in total. The van der Waals surface area contributed by atoms with E-state index in [9.17, 15) is 0 Å². The summed E-state index contributed by atoms with van der Waals surface area (Å²) >= 11 is 0. The van der Waals surface area contributed by atoms with Crippen molar-refractivity contribution in [3.63, 3.8) is 0 Å². The Labute approximate surface area is 110 Å². The molecule has 0 amide bonds. The van der Waals surface area contributed by atoms with Gasteiger partial charge in [0.15, 0.2) is 0 Å². The van der Waals surface area contributed by atoms with E-state index in [1.807, 2.05) is 13.8 Å². The van der Waals surface area contributed by atoms with Crippen LogP contribution in [0.1, 0.15) is 62.6 Å². The lowest BCUT2D eigenvalue weighted by Crippen LogP contribution is -2.18. The van der Waals surface area contributed by atoms with E-state index in [0.717, 1.165) is 17.1 Å². The minimum atomic E-state index is 0.344. The van der Waals surface area contributed by atoms with Crippen LogP contribution >= 0.6 is 0 Å². The predicted octanol–water partition coefficient (Wildman–Crippen LogP) is 3.98. The first-order valence-corrected chi connectivity index (χ1v) is 7.22. The van der Waals surface area contributed by atoms with E-state index >= 15 is 0 Å². The molecule has 0 aromatic carbocycles. The van der Waals surface area contributed by atoms with Crippen LogP contribution in [0.3, 0.4) is 0 Å². The molecule has 1 heterocycles. The van der Waals surface area contributed by atoms with E-state index in [-0.39, 0.29) is 0 Å². The minimum absolute atomic E-state index is 0.344. The van der Waals surface area contributed by atoms with Crippen molar-refractivity contribution in [2.24, 2.45) is 0 Å². The van der Waals surface area contributed by atoms with Crippen molar-refractivity contribution in [2.45, 2.75) is 71.3 Å². The van der Waals surface area contributed by atoms with Gasteiger partial charge in [-0.3, -0.25) is 0 Å². The van der Waals surface area contributed by atoms with Crippen LogP contribution in [0.2, 0.25) is 0 Å². The lowest BCUT2D eigenvalue weighted by Gasteiger charge is -2.19. The van der Waals surface area contributed by atoms with Crippen molar-refractivity contribution in [1.82, 2.24) is 9.97 Å². The number of nitrogens with zero attached hydrogens (tertiary/aromatic N) is 2. The van der Waals surface area contributed by atoms with E-state index in [2.05, 4.69) is 9.97 Å². The molecule has 0 unspecified atom stereocenters. The highest BCUT2D eigenvalue weighted by Gasteiger charge is 2.14. The summed E-state index contributed by atoms with van der Waals surface area (Å²) in [5.41, 5.74) is 2.10. The summed E-state index contributed by atoms with van der Waals surface area (Å²) < 4.78 is 6.11. The molecule has 0 aliphatic heterocycles. The van der Waals surface area contributed by atoms with Crippen molar-refractivity contribution < 1.29 is 4.74 Å². The third-order valence-corrected chi connectivity index (χ3v) is 3.87. The maximum absolute atomic E-state index is 6.11. The second kappa shape index (κ2) is 6.72. The molecule has 100 valence electrons. The highest BCUT2D eigenvalue weighted by atomic mass is 16.5. The largest absolute Gasteiger partial charge is 0.474 e. The first-order valence-electron chi connectivity index (χ1n) is 7.22. The Morgan fingerprint density at radius 2 is 1.56 bits per heavy atom. The van der Waals surface area contributed by atoms with Gasteiger partial charge in [-0.25, -0.2) is 9.97 Å². The molecule has 1 fully saturated rings. The molecule has 0 atom stereocenters. The molecular formula is C15H24N2O. The maximum atomic E-state index is 6.11. The van der Waals surface area contributed by atoms with E-state index < -0.39 is 0 Å². The van der Waals surface area contributed by atoms with Gasteiger partial charge in [-0.1, -0.05) is 25.7 Å². The van der Waals surface area contributed by atoms with Gasteiger partial charge in [0.2, 0.25) is 5.88 Å². The van der Waals surface area contributed by atoms with Crippen molar-refractivity contribution >= 4 is 0 Å². The zero-order valence-corrected chi connectivity index (χ0v) is 11.6. The molecule has 1 aliphatic rings. The van der Waals surface area contributed by atoms with Gasteiger partial charge >= 0.3 is 0 Å². The van der Waals surface area contributed by atoms with Crippen molar-refractivity contribution in [1.29, 1.82) is 0 Å². The second-order valence-electron chi connectivity index (χ2n) is 5.33. The number of hydrogen-bond acceptors (Lipinski definition) is 3. The molecule has 1 aromatic rings. The standard InChI is InChI=1S/C15H24N2O/c1-12-13(2)16-11-17-15(12)18-14-9-7-5-3-4-6-8-10-14/h11,14H,3-10H2,1-2H3. The second-order valence-corrected chi connectivity index (χ2v) is 5.33. The minimum Gasteiger partial charge on any atom is -0.474 e. The average molecular weight is 248 g/mol. The molecule has 0 radical (unpaired) electrons. The smallest absolute Gasteiger partial charge is 0.219 e. The highest BCUT2D eigenvalue weighted by Crippen LogP contribution is 2.23. The molecule has 0 saturated heterocycles.